The van der Waals surface area contributed by atoms with Crippen molar-refractivity contribution < 1.29 is 17.6 Å². The number of benzene rings is 2. The van der Waals surface area contributed by atoms with E-state index in [0.29, 0.717) is 12.3 Å². The van der Waals surface area contributed by atoms with E-state index in [1.165, 1.54) is 24.7 Å². The Hall–Kier alpha value is -2.94. The molecule has 8 heteroatoms. The van der Waals surface area contributed by atoms with Gasteiger partial charge in [0.05, 0.1) is 24.2 Å². The number of carbonyl (C=O) groups excluding carboxylic acids is 1. The van der Waals surface area contributed by atoms with Crippen molar-refractivity contribution in [2.24, 2.45) is 0 Å². The number of nitrogens with one attached hydrogen (secondary N) is 1. The fourth-order valence-corrected chi connectivity index (χ4v) is 5.40. The summed E-state index contributed by atoms with van der Waals surface area (Å²) in [6.07, 6.45) is 4.01. The number of hydrogen-bond acceptors (Lipinski definition) is 5. The van der Waals surface area contributed by atoms with Crippen LogP contribution in [0.5, 0.6) is 0 Å². The average molecular weight is 482 g/mol. The van der Waals surface area contributed by atoms with E-state index in [-0.39, 0.29) is 23.9 Å². The molecule has 3 aromatic rings. The summed E-state index contributed by atoms with van der Waals surface area (Å²) in [6, 6.07) is 18.2. The number of hydrogen-bond donors (Lipinski definition) is 1. The van der Waals surface area contributed by atoms with Crippen molar-refractivity contribution in [3.05, 3.63) is 89.4 Å². The summed E-state index contributed by atoms with van der Waals surface area (Å²) in [7, 11) is -3.88. The van der Waals surface area contributed by atoms with Gasteiger partial charge in [-0.05, 0) is 68.2 Å². The lowest BCUT2D eigenvalue weighted by Crippen LogP contribution is -2.40. The first kappa shape index (κ1) is 24.2. The summed E-state index contributed by atoms with van der Waals surface area (Å²) in [5.41, 5.74) is 3.18. The van der Waals surface area contributed by atoms with E-state index in [1.807, 2.05) is 19.1 Å². The van der Waals surface area contributed by atoms with Crippen LogP contribution in [0.2, 0.25) is 0 Å². The van der Waals surface area contributed by atoms with Crippen LogP contribution >= 0.6 is 0 Å². The molecular weight excluding hydrogens is 450 g/mol. The van der Waals surface area contributed by atoms with Gasteiger partial charge in [-0.1, -0.05) is 42.0 Å². The summed E-state index contributed by atoms with van der Waals surface area (Å²) in [6.45, 7) is 5.15. The first-order chi connectivity index (χ1) is 16.4. The van der Waals surface area contributed by atoms with E-state index in [2.05, 4.69) is 22.3 Å². The third-order valence-corrected chi connectivity index (χ3v) is 7.81. The predicted octanol–water partition coefficient (Wildman–Crippen LogP) is 3.69. The molecule has 2 aromatic carbocycles. The molecule has 0 bridgehead atoms. The SMILES string of the molecule is Cc1ccc(S(=O)(=O)N(CC(=O)NCc2ccc(CN3CCCC3)cc2)Cc2ccco2)cc1. The second-order valence-corrected chi connectivity index (χ2v) is 10.7. The molecule has 34 heavy (non-hydrogen) atoms. The molecule has 1 aliphatic heterocycles. The van der Waals surface area contributed by atoms with Crippen LogP contribution in [0.1, 0.15) is 35.3 Å². The Morgan fingerprint density at radius 2 is 1.68 bits per heavy atom. The third kappa shape index (κ3) is 6.34. The molecule has 0 aliphatic carbocycles. The van der Waals surface area contributed by atoms with Crippen molar-refractivity contribution in [3.8, 4) is 0 Å². The molecule has 0 unspecified atom stereocenters. The lowest BCUT2D eigenvalue weighted by molar-refractivity contribution is -0.121. The Bertz CT molecular complexity index is 1170. The monoisotopic (exact) mass is 481 g/mol. The van der Waals surface area contributed by atoms with E-state index in [1.54, 1.807) is 36.4 Å². The highest BCUT2D eigenvalue weighted by Crippen LogP contribution is 2.19. The van der Waals surface area contributed by atoms with Crippen molar-refractivity contribution in [2.75, 3.05) is 19.6 Å². The lowest BCUT2D eigenvalue weighted by Gasteiger charge is -2.21. The quantitative estimate of drug-likeness (QED) is 0.478. The van der Waals surface area contributed by atoms with Gasteiger partial charge in [0.15, 0.2) is 0 Å². The second-order valence-electron chi connectivity index (χ2n) is 8.74. The number of rotatable bonds is 10. The van der Waals surface area contributed by atoms with Gasteiger partial charge in [0.25, 0.3) is 0 Å². The van der Waals surface area contributed by atoms with Gasteiger partial charge in [-0.2, -0.15) is 4.31 Å². The Morgan fingerprint density at radius 1 is 1.00 bits per heavy atom. The van der Waals surface area contributed by atoms with Crippen LogP contribution in [-0.2, 0) is 34.5 Å². The molecular formula is C26H31N3O4S. The predicted molar refractivity (Wildman–Crippen MR) is 130 cm³/mol. The normalized spacial score (nSPS) is 14.5. The van der Waals surface area contributed by atoms with Crippen molar-refractivity contribution in [3.63, 3.8) is 0 Å². The summed E-state index contributed by atoms with van der Waals surface area (Å²) < 4.78 is 33.0. The van der Waals surface area contributed by atoms with Crippen molar-refractivity contribution in [2.45, 2.75) is 44.3 Å². The molecule has 0 spiro atoms. The molecule has 1 saturated heterocycles. The van der Waals surface area contributed by atoms with Crippen LogP contribution in [-0.4, -0.2) is 43.2 Å². The van der Waals surface area contributed by atoms with E-state index in [4.69, 9.17) is 4.42 Å². The maximum absolute atomic E-state index is 13.3. The highest BCUT2D eigenvalue weighted by Gasteiger charge is 2.27. The fraction of sp³-hybridized carbons (Fsp3) is 0.346. The number of sulfonamides is 1. The van der Waals surface area contributed by atoms with E-state index >= 15 is 0 Å². The topological polar surface area (TPSA) is 82.9 Å². The molecule has 180 valence electrons. The molecule has 2 heterocycles. The van der Waals surface area contributed by atoms with Gasteiger partial charge >= 0.3 is 0 Å². The molecule has 1 amide bonds. The minimum Gasteiger partial charge on any atom is -0.468 e. The zero-order chi connectivity index (χ0) is 24.0. The minimum absolute atomic E-state index is 0.0260. The Kier molecular flexibility index (Phi) is 7.82. The third-order valence-electron chi connectivity index (χ3n) is 6.01. The summed E-state index contributed by atoms with van der Waals surface area (Å²) >= 11 is 0. The number of furan rings is 1. The van der Waals surface area contributed by atoms with Crippen LogP contribution in [0.25, 0.3) is 0 Å². The Labute approximate surface area is 201 Å². The average Bonchev–Trinajstić information content (AvgIpc) is 3.53. The smallest absolute Gasteiger partial charge is 0.243 e. The molecule has 7 nitrogen and oxygen atoms in total. The maximum atomic E-state index is 13.3. The van der Waals surface area contributed by atoms with Gasteiger partial charge in [-0.3, -0.25) is 9.69 Å². The highest BCUT2D eigenvalue weighted by molar-refractivity contribution is 7.89. The summed E-state index contributed by atoms with van der Waals surface area (Å²) in [4.78, 5) is 15.3. The lowest BCUT2D eigenvalue weighted by atomic mass is 10.1. The molecule has 1 N–H and O–H groups in total. The van der Waals surface area contributed by atoms with Crippen molar-refractivity contribution in [1.29, 1.82) is 0 Å². The summed E-state index contributed by atoms with van der Waals surface area (Å²) in [5, 5.41) is 2.85. The molecule has 1 aromatic heterocycles. The number of likely N-dealkylation sites (tertiary alicyclic amines) is 1. The number of amides is 1. The van der Waals surface area contributed by atoms with Gasteiger partial charge in [0, 0.05) is 13.1 Å². The number of nitrogens with zero attached hydrogens (tertiary/aromatic N) is 2. The van der Waals surface area contributed by atoms with Gasteiger partial charge < -0.3 is 9.73 Å². The number of aryl methyl sites for hydroxylation is 1. The molecule has 4 rings (SSSR count). The van der Waals surface area contributed by atoms with Crippen LogP contribution in [0, 0.1) is 6.92 Å². The van der Waals surface area contributed by atoms with E-state index in [9.17, 15) is 13.2 Å². The standard InChI is InChI=1S/C26H31N3O4S/c1-21-6-12-25(13-7-21)34(31,32)29(19-24-5-4-16-33-24)20-26(30)27-17-22-8-10-23(11-9-22)18-28-14-2-3-15-28/h4-13,16H,2-3,14-15,17-20H2,1H3,(H,27,30). The van der Waals surface area contributed by atoms with Crippen LogP contribution in [0.3, 0.4) is 0 Å². The molecule has 0 radical (unpaired) electrons. The Balaban J connectivity index is 1.38. The zero-order valence-corrected chi connectivity index (χ0v) is 20.3. The first-order valence-corrected chi connectivity index (χ1v) is 13.0. The molecule has 1 fully saturated rings. The minimum atomic E-state index is -3.88. The van der Waals surface area contributed by atoms with Gasteiger partial charge in [0.2, 0.25) is 15.9 Å². The number of carbonyl (C=O) groups is 1. The van der Waals surface area contributed by atoms with Gasteiger partial charge in [-0.15, -0.1) is 0 Å². The van der Waals surface area contributed by atoms with Crippen molar-refractivity contribution in [1.82, 2.24) is 14.5 Å². The van der Waals surface area contributed by atoms with Crippen LogP contribution in [0.4, 0.5) is 0 Å². The molecule has 0 atom stereocenters. The first-order valence-electron chi connectivity index (χ1n) is 11.6. The van der Waals surface area contributed by atoms with Crippen LogP contribution in [0.15, 0.2) is 76.2 Å². The highest BCUT2D eigenvalue weighted by atomic mass is 32.2. The largest absolute Gasteiger partial charge is 0.468 e. The Morgan fingerprint density at radius 3 is 2.32 bits per heavy atom. The van der Waals surface area contributed by atoms with Crippen LogP contribution < -0.4 is 5.32 Å². The van der Waals surface area contributed by atoms with E-state index in [0.717, 1.165) is 35.1 Å². The molecule has 0 saturated carbocycles. The summed E-state index contributed by atoms with van der Waals surface area (Å²) in [5.74, 6) is 0.0977. The van der Waals surface area contributed by atoms with Gasteiger partial charge in [-0.25, -0.2) is 8.42 Å². The molecule has 1 aliphatic rings. The maximum Gasteiger partial charge on any atom is 0.243 e. The van der Waals surface area contributed by atoms with Gasteiger partial charge in [0.1, 0.15) is 5.76 Å². The zero-order valence-electron chi connectivity index (χ0n) is 19.4. The van der Waals surface area contributed by atoms with Crippen molar-refractivity contribution >= 4 is 15.9 Å². The van der Waals surface area contributed by atoms with E-state index < -0.39 is 10.0 Å². The second kappa shape index (κ2) is 11.0. The fourth-order valence-electron chi connectivity index (χ4n) is 4.04.